The van der Waals surface area contributed by atoms with Gasteiger partial charge in [-0.3, -0.25) is 9.59 Å². The lowest BCUT2D eigenvalue weighted by Gasteiger charge is -2.41. The number of nitrogens with zero attached hydrogens (tertiary/aromatic N) is 2. The Bertz CT molecular complexity index is 763. The first-order valence-corrected chi connectivity index (χ1v) is 11.6. The van der Waals surface area contributed by atoms with E-state index in [4.69, 9.17) is 0 Å². The molecule has 31 heavy (non-hydrogen) atoms. The van der Waals surface area contributed by atoms with Gasteiger partial charge < -0.3 is 20.4 Å². The van der Waals surface area contributed by atoms with Crippen LogP contribution in [-0.4, -0.2) is 59.4 Å². The summed E-state index contributed by atoms with van der Waals surface area (Å²) in [6.45, 7) is 7.42. The van der Waals surface area contributed by atoms with E-state index in [9.17, 15) is 14.4 Å². The number of carbonyl (C=O) groups excluding carboxylic acids is 3. The van der Waals surface area contributed by atoms with Crippen LogP contribution in [0.1, 0.15) is 52.9 Å². The van der Waals surface area contributed by atoms with E-state index in [0.29, 0.717) is 19.6 Å². The van der Waals surface area contributed by atoms with Crippen LogP contribution in [0.15, 0.2) is 30.3 Å². The number of piperazine rings is 1. The van der Waals surface area contributed by atoms with Crippen molar-refractivity contribution < 1.29 is 14.4 Å². The Hall–Kier alpha value is -2.57. The SMILES string of the molecule is CCC(C)C(NC(=O)C1CCCC1)C(=O)N1CCN(C(=O)Nc2ccccc2)C(C)C1. The van der Waals surface area contributed by atoms with Crippen LogP contribution in [0.3, 0.4) is 0 Å². The number of rotatable bonds is 6. The summed E-state index contributed by atoms with van der Waals surface area (Å²) in [5.41, 5.74) is 0.754. The van der Waals surface area contributed by atoms with E-state index in [2.05, 4.69) is 10.6 Å². The third kappa shape index (κ3) is 5.77. The Morgan fingerprint density at radius 2 is 1.77 bits per heavy atom. The molecule has 0 radical (unpaired) electrons. The smallest absolute Gasteiger partial charge is 0.322 e. The normalized spacial score (nSPS) is 21.5. The van der Waals surface area contributed by atoms with Gasteiger partial charge in [-0.15, -0.1) is 0 Å². The van der Waals surface area contributed by atoms with Crippen molar-refractivity contribution in [1.29, 1.82) is 0 Å². The molecule has 1 aliphatic heterocycles. The van der Waals surface area contributed by atoms with Crippen molar-refractivity contribution in [3.63, 3.8) is 0 Å². The van der Waals surface area contributed by atoms with Gasteiger partial charge in [-0.2, -0.15) is 0 Å². The fraction of sp³-hybridized carbons (Fsp3) is 0.625. The van der Waals surface area contributed by atoms with Gasteiger partial charge in [0.15, 0.2) is 0 Å². The van der Waals surface area contributed by atoms with Crippen LogP contribution in [0.2, 0.25) is 0 Å². The quantitative estimate of drug-likeness (QED) is 0.728. The highest BCUT2D eigenvalue weighted by Crippen LogP contribution is 2.25. The summed E-state index contributed by atoms with van der Waals surface area (Å²) in [5.74, 6) is 0.0881. The molecule has 2 N–H and O–H groups in total. The topological polar surface area (TPSA) is 81.8 Å². The molecular formula is C24H36N4O3. The van der Waals surface area contributed by atoms with Crippen LogP contribution >= 0.6 is 0 Å². The third-order valence-corrected chi connectivity index (χ3v) is 6.73. The molecule has 1 aromatic carbocycles. The van der Waals surface area contributed by atoms with Gasteiger partial charge in [0.1, 0.15) is 6.04 Å². The minimum atomic E-state index is -0.505. The van der Waals surface area contributed by atoms with E-state index in [-0.39, 0.29) is 35.7 Å². The monoisotopic (exact) mass is 428 g/mol. The number of anilines is 1. The van der Waals surface area contributed by atoms with E-state index in [1.54, 1.807) is 4.90 Å². The minimum Gasteiger partial charge on any atom is -0.344 e. The van der Waals surface area contributed by atoms with Crippen LogP contribution < -0.4 is 10.6 Å². The lowest BCUT2D eigenvalue weighted by Crippen LogP contribution is -2.60. The van der Waals surface area contributed by atoms with Crippen molar-refractivity contribution in [2.75, 3.05) is 25.0 Å². The predicted octanol–water partition coefficient (Wildman–Crippen LogP) is 3.47. The molecule has 4 amide bonds. The first-order valence-electron chi connectivity index (χ1n) is 11.6. The molecule has 1 aromatic rings. The highest BCUT2D eigenvalue weighted by Gasteiger charge is 2.36. The number of hydrogen-bond acceptors (Lipinski definition) is 3. The maximum absolute atomic E-state index is 13.4. The van der Waals surface area contributed by atoms with Gasteiger partial charge in [-0.25, -0.2) is 4.79 Å². The number of urea groups is 1. The fourth-order valence-corrected chi connectivity index (χ4v) is 4.52. The Balaban J connectivity index is 1.60. The Labute approximate surface area is 185 Å². The summed E-state index contributed by atoms with van der Waals surface area (Å²) in [6, 6.07) is 8.60. The van der Waals surface area contributed by atoms with Gasteiger partial charge in [0, 0.05) is 37.3 Å². The highest BCUT2D eigenvalue weighted by molar-refractivity contribution is 5.91. The van der Waals surface area contributed by atoms with Crippen molar-refractivity contribution in [1.82, 2.24) is 15.1 Å². The maximum atomic E-state index is 13.4. The Kier molecular flexibility index (Phi) is 7.93. The van der Waals surface area contributed by atoms with Gasteiger partial charge in [-0.1, -0.05) is 51.3 Å². The standard InChI is InChI=1S/C24H36N4O3/c1-4-17(2)21(26-22(29)19-10-8-9-11-19)23(30)27-14-15-28(18(3)16-27)24(31)25-20-12-6-5-7-13-20/h5-7,12-13,17-19,21H,4,8-11,14-16H2,1-3H3,(H,25,31)(H,26,29). The summed E-state index contributed by atoms with van der Waals surface area (Å²) in [4.78, 5) is 42.3. The van der Waals surface area contributed by atoms with E-state index >= 15 is 0 Å². The summed E-state index contributed by atoms with van der Waals surface area (Å²) >= 11 is 0. The number of benzene rings is 1. The summed E-state index contributed by atoms with van der Waals surface area (Å²) in [7, 11) is 0. The highest BCUT2D eigenvalue weighted by atomic mass is 16.2. The summed E-state index contributed by atoms with van der Waals surface area (Å²) in [6.07, 6.45) is 4.82. The molecule has 7 nitrogen and oxygen atoms in total. The second-order valence-corrected chi connectivity index (χ2v) is 8.98. The number of amides is 4. The molecule has 1 aliphatic carbocycles. The van der Waals surface area contributed by atoms with Gasteiger partial charge >= 0.3 is 6.03 Å². The molecule has 3 unspecified atom stereocenters. The summed E-state index contributed by atoms with van der Waals surface area (Å²) < 4.78 is 0. The molecule has 1 heterocycles. The maximum Gasteiger partial charge on any atom is 0.322 e. The average Bonchev–Trinajstić information content (AvgIpc) is 3.32. The van der Waals surface area contributed by atoms with E-state index < -0.39 is 6.04 Å². The first-order chi connectivity index (χ1) is 14.9. The lowest BCUT2D eigenvalue weighted by atomic mass is 9.96. The van der Waals surface area contributed by atoms with Gasteiger partial charge in [0.05, 0.1) is 0 Å². The molecule has 0 spiro atoms. The number of nitrogens with one attached hydrogen (secondary N) is 2. The van der Waals surface area contributed by atoms with Crippen molar-refractivity contribution >= 4 is 23.5 Å². The molecule has 0 aromatic heterocycles. The number of para-hydroxylation sites is 1. The molecule has 2 aliphatic rings. The molecular weight excluding hydrogens is 392 g/mol. The number of hydrogen-bond donors (Lipinski definition) is 2. The molecule has 1 saturated heterocycles. The minimum absolute atomic E-state index is 0.0186. The molecule has 3 atom stereocenters. The van der Waals surface area contributed by atoms with E-state index in [1.807, 2.05) is 56.0 Å². The summed E-state index contributed by atoms with van der Waals surface area (Å²) in [5, 5.41) is 5.99. The molecule has 3 rings (SSSR count). The van der Waals surface area contributed by atoms with Crippen LogP contribution in [-0.2, 0) is 9.59 Å². The van der Waals surface area contributed by atoms with E-state index in [0.717, 1.165) is 37.8 Å². The fourth-order valence-electron chi connectivity index (χ4n) is 4.52. The largest absolute Gasteiger partial charge is 0.344 e. The van der Waals surface area contributed by atoms with Crippen molar-refractivity contribution in [2.24, 2.45) is 11.8 Å². The molecule has 0 bridgehead atoms. The molecule has 7 heteroatoms. The second-order valence-electron chi connectivity index (χ2n) is 8.98. The van der Waals surface area contributed by atoms with Gasteiger partial charge in [0.25, 0.3) is 0 Å². The zero-order valence-electron chi connectivity index (χ0n) is 19.0. The lowest BCUT2D eigenvalue weighted by molar-refractivity contribution is -0.140. The van der Waals surface area contributed by atoms with Gasteiger partial charge in [0.2, 0.25) is 11.8 Å². The number of carbonyl (C=O) groups is 3. The van der Waals surface area contributed by atoms with E-state index in [1.165, 1.54) is 0 Å². The van der Waals surface area contributed by atoms with Crippen molar-refractivity contribution in [3.8, 4) is 0 Å². The van der Waals surface area contributed by atoms with Crippen LogP contribution in [0.5, 0.6) is 0 Å². The Morgan fingerprint density at radius 3 is 2.39 bits per heavy atom. The molecule has 1 saturated carbocycles. The van der Waals surface area contributed by atoms with Crippen molar-refractivity contribution in [3.05, 3.63) is 30.3 Å². The van der Waals surface area contributed by atoms with Crippen LogP contribution in [0.4, 0.5) is 10.5 Å². The molecule has 170 valence electrons. The predicted molar refractivity (Wildman–Crippen MR) is 122 cm³/mol. The zero-order valence-corrected chi connectivity index (χ0v) is 19.0. The van der Waals surface area contributed by atoms with Crippen LogP contribution in [0, 0.1) is 11.8 Å². The Morgan fingerprint density at radius 1 is 1.10 bits per heavy atom. The third-order valence-electron chi connectivity index (χ3n) is 6.73. The van der Waals surface area contributed by atoms with Crippen molar-refractivity contribution in [2.45, 2.75) is 65.0 Å². The molecule has 2 fully saturated rings. The second kappa shape index (κ2) is 10.6. The zero-order chi connectivity index (χ0) is 22.4. The first kappa shape index (κ1) is 23.1. The van der Waals surface area contributed by atoms with Crippen LogP contribution in [0.25, 0.3) is 0 Å². The van der Waals surface area contributed by atoms with Gasteiger partial charge in [-0.05, 0) is 37.8 Å². The average molecular weight is 429 g/mol.